The minimum Gasteiger partial charge on any atom is -0.390 e. The maximum atomic E-state index is 9.63. The van der Waals surface area contributed by atoms with Crippen LogP contribution in [0.1, 0.15) is 26.2 Å². The minimum atomic E-state index is -0.804. The van der Waals surface area contributed by atoms with Gasteiger partial charge in [0, 0.05) is 7.29 Å². The van der Waals surface area contributed by atoms with Gasteiger partial charge in [0.15, 0.2) is 0 Å². The van der Waals surface area contributed by atoms with Gasteiger partial charge in [-0.2, -0.15) is 0 Å². The smallest absolute Gasteiger partial charge is 0.0696 e. The predicted molar refractivity (Wildman–Crippen MR) is 44.4 cm³/mol. The lowest BCUT2D eigenvalue weighted by molar-refractivity contribution is 0.164. The van der Waals surface area contributed by atoms with Crippen molar-refractivity contribution in [3.63, 3.8) is 0 Å². The van der Waals surface area contributed by atoms with Crippen molar-refractivity contribution in [2.75, 3.05) is 0 Å². The first kappa shape index (κ1) is 5.78. The molecule has 58 valence electrons. The van der Waals surface area contributed by atoms with Crippen molar-refractivity contribution in [2.24, 2.45) is 0 Å². The summed E-state index contributed by atoms with van der Waals surface area (Å²) in [5.74, 6) is 0.0127. The standard InChI is InChI=1S/C10H12O/c1-10(11)7-9(10)8-5-3-2-4-6-8/h2-6,9,11H,7H2,1H3/t9-,10-/m1/s1/i7D/t7-,9-,10-. The van der Waals surface area contributed by atoms with E-state index in [0.29, 0.717) is 0 Å². The molecule has 2 rings (SSSR count). The summed E-state index contributed by atoms with van der Waals surface area (Å²) in [6, 6.07) is 9.76. The highest BCUT2D eigenvalue weighted by Gasteiger charge is 2.49. The van der Waals surface area contributed by atoms with Gasteiger partial charge in [-0.25, -0.2) is 0 Å². The van der Waals surface area contributed by atoms with E-state index in [-0.39, 0.29) is 12.3 Å². The second-order valence-electron chi connectivity index (χ2n) is 3.28. The maximum Gasteiger partial charge on any atom is 0.0696 e. The van der Waals surface area contributed by atoms with Gasteiger partial charge in [-0.3, -0.25) is 0 Å². The molecule has 0 heterocycles. The number of benzene rings is 1. The van der Waals surface area contributed by atoms with Crippen LogP contribution in [0.4, 0.5) is 0 Å². The molecule has 1 saturated carbocycles. The molecule has 0 radical (unpaired) electrons. The van der Waals surface area contributed by atoms with E-state index < -0.39 is 5.60 Å². The van der Waals surface area contributed by atoms with Gasteiger partial charge in [0.05, 0.1) is 5.60 Å². The fraction of sp³-hybridized carbons (Fsp3) is 0.400. The molecule has 1 fully saturated rings. The summed E-state index contributed by atoms with van der Waals surface area (Å²) in [5, 5.41) is 9.63. The van der Waals surface area contributed by atoms with Crippen LogP contribution in [0.15, 0.2) is 30.3 Å². The van der Waals surface area contributed by atoms with Gasteiger partial charge in [-0.1, -0.05) is 30.3 Å². The molecule has 1 aromatic rings. The van der Waals surface area contributed by atoms with Crippen molar-refractivity contribution >= 4 is 0 Å². The van der Waals surface area contributed by atoms with Crippen LogP contribution in [0.5, 0.6) is 0 Å². The number of hydrogen-bond acceptors (Lipinski definition) is 1. The number of rotatable bonds is 1. The van der Waals surface area contributed by atoms with E-state index in [1.54, 1.807) is 6.92 Å². The summed E-state index contributed by atoms with van der Waals surface area (Å²) < 4.78 is 7.54. The molecule has 0 amide bonds. The molecule has 0 spiro atoms. The lowest BCUT2D eigenvalue weighted by atomic mass is 10.1. The Morgan fingerprint density at radius 2 is 2.09 bits per heavy atom. The van der Waals surface area contributed by atoms with Crippen molar-refractivity contribution < 1.29 is 6.48 Å². The first-order valence-corrected chi connectivity index (χ1v) is 3.83. The summed E-state index contributed by atoms with van der Waals surface area (Å²) in [6.07, 6.45) is -0.347. The van der Waals surface area contributed by atoms with Crippen LogP contribution in [-0.2, 0) is 0 Å². The van der Waals surface area contributed by atoms with E-state index >= 15 is 0 Å². The molecule has 1 heteroatoms. The summed E-state index contributed by atoms with van der Waals surface area (Å²) in [4.78, 5) is 0. The first-order chi connectivity index (χ1) is 5.64. The predicted octanol–water partition coefficient (Wildman–Crippen LogP) is 1.92. The molecule has 0 saturated heterocycles. The molecule has 3 atom stereocenters. The maximum absolute atomic E-state index is 9.63. The molecule has 0 bridgehead atoms. The fourth-order valence-corrected chi connectivity index (χ4v) is 1.38. The molecule has 1 N–H and O–H groups in total. The van der Waals surface area contributed by atoms with Gasteiger partial charge >= 0.3 is 0 Å². The Kier molecular flexibility index (Phi) is 1.09. The first-order valence-electron chi connectivity index (χ1n) is 4.41. The van der Waals surface area contributed by atoms with E-state index in [1.807, 2.05) is 30.3 Å². The van der Waals surface area contributed by atoms with Gasteiger partial charge in [-0.15, -0.1) is 0 Å². The van der Waals surface area contributed by atoms with Crippen LogP contribution < -0.4 is 0 Å². The van der Waals surface area contributed by atoms with E-state index in [4.69, 9.17) is 1.37 Å². The van der Waals surface area contributed by atoms with E-state index in [9.17, 15) is 5.11 Å². The molecule has 1 aromatic carbocycles. The minimum absolute atomic E-state index is 0.0127. The van der Waals surface area contributed by atoms with Crippen molar-refractivity contribution in [1.82, 2.24) is 0 Å². The highest BCUT2D eigenvalue weighted by molar-refractivity contribution is 5.29. The third-order valence-electron chi connectivity index (χ3n) is 2.18. The van der Waals surface area contributed by atoms with Crippen LogP contribution in [0.2, 0.25) is 0 Å². The van der Waals surface area contributed by atoms with Gasteiger partial charge in [0.25, 0.3) is 0 Å². The third-order valence-corrected chi connectivity index (χ3v) is 2.18. The zero-order valence-electron chi connectivity index (χ0n) is 7.49. The normalized spacial score (nSPS) is 43.3. The Morgan fingerprint density at radius 1 is 1.55 bits per heavy atom. The van der Waals surface area contributed by atoms with Gasteiger partial charge in [-0.05, 0) is 18.9 Å². The molecule has 1 aliphatic rings. The Bertz CT molecular complexity index is 281. The molecular formula is C10H12O. The third kappa shape index (κ3) is 1.16. The number of aliphatic hydroxyl groups is 1. The zero-order chi connectivity index (χ0) is 8.77. The van der Waals surface area contributed by atoms with Gasteiger partial charge < -0.3 is 5.11 Å². The fourth-order valence-electron chi connectivity index (χ4n) is 1.38. The van der Waals surface area contributed by atoms with Crippen molar-refractivity contribution in [3.8, 4) is 0 Å². The monoisotopic (exact) mass is 149 g/mol. The topological polar surface area (TPSA) is 20.2 Å². The summed E-state index contributed by atoms with van der Waals surface area (Å²) in [7, 11) is 0. The average Bonchev–Trinajstić information content (AvgIpc) is 2.53. The molecule has 1 aliphatic carbocycles. The Balaban J connectivity index is 2.25. The summed E-state index contributed by atoms with van der Waals surface area (Å²) in [5.41, 5.74) is 0.268. The number of hydrogen-bond donors (Lipinski definition) is 1. The molecule has 11 heavy (non-hydrogen) atoms. The zero-order valence-corrected chi connectivity index (χ0v) is 6.49. The van der Waals surface area contributed by atoms with Crippen molar-refractivity contribution in [1.29, 1.82) is 0 Å². The van der Waals surface area contributed by atoms with E-state index in [0.717, 1.165) is 5.56 Å². The lowest BCUT2D eigenvalue weighted by Crippen LogP contribution is -2.01. The highest BCUT2D eigenvalue weighted by atomic mass is 16.3. The van der Waals surface area contributed by atoms with Crippen LogP contribution in [0.25, 0.3) is 0 Å². The SMILES string of the molecule is [2H][C@@H]1[C@H](c2ccccc2)[C@]1(C)O. The molecular weight excluding hydrogens is 136 g/mol. The summed E-state index contributed by atoms with van der Waals surface area (Å²) >= 11 is 0. The van der Waals surface area contributed by atoms with Gasteiger partial charge in [0.2, 0.25) is 0 Å². The molecule has 0 aromatic heterocycles. The quantitative estimate of drug-likeness (QED) is 0.646. The van der Waals surface area contributed by atoms with Crippen molar-refractivity contribution in [3.05, 3.63) is 35.9 Å². The molecule has 1 nitrogen and oxygen atoms in total. The van der Waals surface area contributed by atoms with E-state index in [1.165, 1.54) is 0 Å². The Labute approximate surface area is 68.1 Å². The molecule has 0 unspecified atom stereocenters. The van der Waals surface area contributed by atoms with Crippen LogP contribution in [0.3, 0.4) is 0 Å². The van der Waals surface area contributed by atoms with Crippen LogP contribution >= 0.6 is 0 Å². The van der Waals surface area contributed by atoms with Crippen LogP contribution in [0, 0.1) is 0 Å². The second kappa shape index (κ2) is 2.08. The molecule has 0 aliphatic heterocycles. The average molecular weight is 149 g/mol. The summed E-state index contributed by atoms with van der Waals surface area (Å²) in [6.45, 7) is 1.72. The lowest BCUT2D eigenvalue weighted by Gasteiger charge is -2.01. The Morgan fingerprint density at radius 3 is 2.55 bits per heavy atom. The second-order valence-corrected chi connectivity index (χ2v) is 3.28. The highest BCUT2D eigenvalue weighted by Crippen LogP contribution is 2.50. The van der Waals surface area contributed by atoms with E-state index in [2.05, 4.69) is 0 Å². The van der Waals surface area contributed by atoms with Gasteiger partial charge in [0.1, 0.15) is 0 Å². The van der Waals surface area contributed by atoms with Crippen LogP contribution in [-0.4, -0.2) is 10.7 Å². The Hall–Kier alpha value is -0.820. The van der Waals surface area contributed by atoms with Crippen molar-refractivity contribution in [2.45, 2.75) is 24.8 Å². The largest absolute Gasteiger partial charge is 0.390 e.